The average Bonchev–Trinajstić information content (AvgIpc) is 2.91. The average molecular weight is 476 g/mol. The highest BCUT2D eigenvalue weighted by Gasteiger charge is 2.24. The number of ether oxygens (including phenoxy) is 2. The van der Waals surface area contributed by atoms with E-state index in [1.54, 1.807) is 17.0 Å². The number of aliphatic hydroxyl groups is 1. The quantitative estimate of drug-likeness (QED) is 0.544. The van der Waals surface area contributed by atoms with Crippen LogP contribution in [0.15, 0.2) is 60.9 Å². The van der Waals surface area contributed by atoms with Crippen LogP contribution in [-0.2, 0) is 18.0 Å². The maximum Gasteiger partial charge on any atom is 0.410 e. The summed E-state index contributed by atoms with van der Waals surface area (Å²) >= 11 is 0. The van der Waals surface area contributed by atoms with Gasteiger partial charge in [0, 0.05) is 31.0 Å². The lowest BCUT2D eigenvalue weighted by atomic mass is 9.98. The van der Waals surface area contributed by atoms with Gasteiger partial charge < -0.3 is 19.5 Å². The summed E-state index contributed by atoms with van der Waals surface area (Å²) in [6.45, 7) is 1.57. The van der Waals surface area contributed by atoms with E-state index >= 15 is 0 Å². The topological polar surface area (TPSA) is 84.8 Å². The van der Waals surface area contributed by atoms with E-state index in [0.717, 1.165) is 18.4 Å². The molecule has 8 heteroatoms. The molecule has 1 aliphatic heterocycles. The van der Waals surface area contributed by atoms with Gasteiger partial charge in [0.25, 0.3) is 0 Å². The summed E-state index contributed by atoms with van der Waals surface area (Å²) in [5.41, 5.74) is 1.89. The fraction of sp³-hybridized carbons (Fsp3) is 0.296. The van der Waals surface area contributed by atoms with E-state index in [9.17, 15) is 9.18 Å². The van der Waals surface area contributed by atoms with Crippen molar-refractivity contribution < 1.29 is 23.8 Å². The lowest BCUT2D eigenvalue weighted by molar-refractivity contribution is 0.0753. The second-order valence-electron chi connectivity index (χ2n) is 8.22. The number of piperidine rings is 1. The highest BCUT2D eigenvalue weighted by atomic mass is 19.1. The summed E-state index contributed by atoms with van der Waals surface area (Å²) in [4.78, 5) is 22.4. The first-order valence-electron chi connectivity index (χ1n) is 11.4. The van der Waals surface area contributed by atoms with Gasteiger partial charge in [-0.3, -0.25) is 0 Å². The number of amides is 1. The molecule has 0 aliphatic carbocycles. The Labute approximate surface area is 203 Å². The molecule has 2 aromatic carbocycles. The molecule has 1 aliphatic rings. The molecule has 1 amide bonds. The number of nitrogens with zero attached hydrogens (tertiary/aromatic N) is 3. The number of rotatable bonds is 6. The highest BCUT2D eigenvalue weighted by Crippen LogP contribution is 2.19. The number of benzene rings is 2. The largest absolute Gasteiger partial charge is 0.463 e. The molecule has 0 unspecified atom stereocenters. The lowest BCUT2D eigenvalue weighted by Gasteiger charge is -2.30. The van der Waals surface area contributed by atoms with Gasteiger partial charge in [0.15, 0.2) is 0 Å². The van der Waals surface area contributed by atoms with E-state index in [2.05, 4.69) is 21.8 Å². The van der Waals surface area contributed by atoms with Gasteiger partial charge in [-0.05, 0) is 30.4 Å². The number of halogens is 1. The monoisotopic (exact) mass is 475 g/mol. The van der Waals surface area contributed by atoms with E-state index in [0.29, 0.717) is 25.3 Å². The molecule has 180 valence electrons. The van der Waals surface area contributed by atoms with E-state index in [4.69, 9.17) is 14.6 Å². The first-order chi connectivity index (χ1) is 17.1. The summed E-state index contributed by atoms with van der Waals surface area (Å²) < 4.78 is 25.3. The van der Waals surface area contributed by atoms with Gasteiger partial charge in [0.1, 0.15) is 12.4 Å². The molecule has 0 spiro atoms. The number of aromatic nitrogens is 2. The van der Waals surface area contributed by atoms with Crippen LogP contribution < -0.4 is 4.74 Å². The number of carbonyl (C=O) groups excluding carboxylic acids is 1. The number of carbonyl (C=O) groups is 1. The highest BCUT2D eigenvalue weighted by molar-refractivity contribution is 5.67. The molecule has 1 saturated heterocycles. The van der Waals surface area contributed by atoms with Crippen molar-refractivity contribution in [3.63, 3.8) is 0 Å². The van der Waals surface area contributed by atoms with Crippen LogP contribution in [0.4, 0.5) is 9.18 Å². The van der Waals surface area contributed by atoms with Crippen LogP contribution in [0.3, 0.4) is 0 Å². The fourth-order valence-corrected chi connectivity index (χ4v) is 3.68. The molecule has 1 N–H and O–H groups in total. The fourth-order valence-electron chi connectivity index (χ4n) is 3.68. The second kappa shape index (κ2) is 12.0. The Morgan fingerprint density at radius 3 is 2.51 bits per heavy atom. The third-order valence-electron chi connectivity index (χ3n) is 5.74. The van der Waals surface area contributed by atoms with Crippen molar-refractivity contribution in [3.05, 3.63) is 89.0 Å². The second-order valence-corrected chi connectivity index (χ2v) is 8.22. The van der Waals surface area contributed by atoms with Gasteiger partial charge in [-0.25, -0.2) is 19.2 Å². The van der Waals surface area contributed by atoms with Crippen LogP contribution in [-0.4, -0.2) is 45.8 Å². The number of aliphatic hydroxyl groups excluding tert-OH is 1. The SMILES string of the molecule is O=C(OCc1ccccc1)N1CCC(COc2ncc(C#Cc3cccc(CO)c3F)cn2)CC1. The molecule has 1 aromatic heterocycles. The molecule has 3 aromatic rings. The summed E-state index contributed by atoms with van der Waals surface area (Å²) in [6, 6.07) is 14.6. The number of likely N-dealkylation sites (tertiary alicyclic amines) is 1. The summed E-state index contributed by atoms with van der Waals surface area (Å²) in [5.74, 6) is 5.32. The summed E-state index contributed by atoms with van der Waals surface area (Å²) in [7, 11) is 0. The third kappa shape index (κ3) is 6.78. The van der Waals surface area contributed by atoms with Gasteiger partial charge in [-0.2, -0.15) is 0 Å². The minimum atomic E-state index is -0.529. The minimum absolute atomic E-state index is 0.201. The lowest BCUT2D eigenvalue weighted by Crippen LogP contribution is -2.40. The first-order valence-corrected chi connectivity index (χ1v) is 11.4. The van der Waals surface area contributed by atoms with E-state index in [1.807, 2.05) is 30.3 Å². The zero-order chi connectivity index (χ0) is 24.5. The molecule has 7 nitrogen and oxygen atoms in total. The van der Waals surface area contributed by atoms with Crippen LogP contribution in [0.25, 0.3) is 0 Å². The zero-order valence-electron chi connectivity index (χ0n) is 19.2. The van der Waals surface area contributed by atoms with E-state index in [1.165, 1.54) is 18.5 Å². The molecule has 0 bridgehead atoms. The minimum Gasteiger partial charge on any atom is -0.463 e. The normalized spacial score (nSPS) is 13.6. The van der Waals surface area contributed by atoms with Gasteiger partial charge in [-0.15, -0.1) is 0 Å². The maximum atomic E-state index is 14.2. The molecule has 35 heavy (non-hydrogen) atoms. The Hall–Kier alpha value is -3.96. The molecule has 2 heterocycles. The molecular formula is C27H26FN3O4. The van der Waals surface area contributed by atoms with Crippen LogP contribution in [0.2, 0.25) is 0 Å². The van der Waals surface area contributed by atoms with E-state index in [-0.39, 0.29) is 42.4 Å². The molecule has 4 rings (SSSR count). The van der Waals surface area contributed by atoms with Crippen LogP contribution in [0.1, 0.15) is 35.1 Å². The van der Waals surface area contributed by atoms with Crippen molar-refractivity contribution in [2.45, 2.75) is 26.1 Å². The van der Waals surface area contributed by atoms with Gasteiger partial charge >= 0.3 is 12.1 Å². The molecule has 0 atom stereocenters. The van der Waals surface area contributed by atoms with Crippen molar-refractivity contribution in [2.75, 3.05) is 19.7 Å². The van der Waals surface area contributed by atoms with Crippen LogP contribution >= 0.6 is 0 Å². The number of hydrogen-bond acceptors (Lipinski definition) is 6. The summed E-state index contributed by atoms with van der Waals surface area (Å²) in [6.07, 6.45) is 4.37. The summed E-state index contributed by atoms with van der Waals surface area (Å²) in [5, 5.41) is 9.16. The van der Waals surface area contributed by atoms with Gasteiger partial charge in [0.05, 0.1) is 24.3 Å². The Balaban J connectivity index is 1.21. The van der Waals surface area contributed by atoms with Gasteiger partial charge in [0.2, 0.25) is 0 Å². The third-order valence-corrected chi connectivity index (χ3v) is 5.74. The Morgan fingerprint density at radius 1 is 1.06 bits per heavy atom. The Bertz CT molecular complexity index is 1180. The van der Waals surface area contributed by atoms with Crippen LogP contribution in [0, 0.1) is 23.6 Å². The standard InChI is InChI=1S/C27H26FN3O4/c28-25-23(7-4-8-24(25)17-32)10-9-22-15-29-26(30-16-22)34-18-21-11-13-31(14-12-21)27(33)35-19-20-5-2-1-3-6-20/h1-8,15-16,21,32H,11-14,17-19H2. The first kappa shape index (κ1) is 24.2. The van der Waals surface area contributed by atoms with Crippen molar-refractivity contribution in [1.82, 2.24) is 14.9 Å². The molecule has 0 saturated carbocycles. The van der Waals surface area contributed by atoms with Crippen molar-refractivity contribution in [2.24, 2.45) is 5.92 Å². The predicted molar refractivity (Wildman–Crippen MR) is 127 cm³/mol. The Morgan fingerprint density at radius 2 is 1.80 bits per heavy atom. The van der Waals surface area contributed by atoms with Crippen molar-refractivity contribution in [3.8, 4) is 17.9 Å². The van der Waals surface area contributed by atoms with Crippen molar-refractivity contribution >= 4 is 6.09 Å². The smallest absolute Gasteiger partial charge is 0.410 e. The van der Waals surface area contributed by atoms with E-state index < -0.39 is 5.82 Å². The zero-order valence-corrected chi connectivity index (χ0v) is 19.2. The maximum absolute atomic E-state index is 14.2. The van der Waals surface area contributed by atoms with Crippen molar-refractivity contribution in [1.29, 1.82) is 0 Å². The van der Waals surface area contributed by atoms with Gasteiger partial charge in [-0.1, -0.05) is 54.3 Å². The van der Waals surface area contributed by atoms with Crippen LogP contribution in [0.5, 0.6) is 6.01 Å². The molecule has 1 fully saturated rings. The predicted octanol–water partition coefficient (Wildman–Crippen LogP) is 3.94. The Kier molecular flexibility index (Phi) is 8.25. The molecule has 0 radical (unpaired) electrons. The number of hydrogen-bond donors (Lipinski definition) is 1. The molecular weight excluding hydrogens is 449 g/mol.